The minimum atomic E-state index is 0.692. The number of likely N-dealkylation sites (tertiary alicyclic amines) is 1. The molecule has 18 heavy (non-hydrogen) atoms. The number of rotatable bonds is 6. The summed E-state index contributed by atoms with van der Waals surface area (Å²) in [5, 5.41) is 3.34. The van der Waals surface area contributed by atoms with Crippen LogP contribution in [-0.4, -0.2) is 55.1 Å². The number of hydrogen-bond acceptors (Lipinski definition) is 5. The normalized spacial score (nSPS) is 21.0. The monoisotopic (exact) mass is 268 g/mol. The zero-order valence-corrected chi connectivity index (χ0v) is 12.2. The maximum absolute atomic E-state index is 5.54. The molecule has 0 aromatic carbocycles. The first kappa shape index (κ1) is 13.9. The number of nitrogens with zero attached hydrogens (tertiary/aromatic N) is 3. The van der Waals surface area contributed by atoms with Gasteiger partial charge in [-0.15, -0.1) is 11.3 Å². The van der Waals surface area contributed by atoms with Gasteiger partial charge in [0.05, 0.1) is 10.7 Å². The molecule has 0 saturated carbocycles. The SMILES string of the molecule is CN1CCC(CN(C)Cc2csc(CCN)n2)C1. The van der Waals surface area contributed by atoms with Crippen LogP contribution in [0.2, 0.25) is 0 Å². The fourth-order valence-electron chi connectivity index (χ4n) is 2.62. The summed E-state index contributed by atoms with van der Waals surface area (Å²) >= 11 is 1.73. The topological polar surface area (TPSA) is 45.4 Å². The second kappa shape index (κ2) is 6.61. The lowest BCUT2D eigenvalue weighted by Crippen LogP contribution is -2.27. The molecule has 1 saturated heterocycles. The van der Waals surface area contributed by atoms with Gasteiger partial charge in [0.2, 0.25) is 0 Å². The molecular weight excluding hydrogens is 244 g/mol. The van der Waals surface area contributed by atoms with E-state index in [1.165, 1.54) is 36.8 Å². The second-order valence-electron chi connectivity index (χ2n) is 5.38. The van der Waals surface area contributed by atoms with Crippen LogP contribution in [0, 0.1) is 5.92 Å². The second-order valence-corrected chi connectivity index (χ2v) is 6.33. The first-order valence-corrected chi connectivity index (χ1v) is 7.55. The molecule has 2 heterocycles. The van der Waals surface area contributed by atoms with Gasteiger partial charge in [-0.1, -0.05) is 0 Å². The van der Waals surface area contributed by atoms with Gasteiger partial charge in [0.25, 0.3) is 0 Å². The Morgan fingerprint density at radius 2 is 2.44 bits per heavy atom. The van der Waals surface area contributed by atoms with Gasteiger partial charge >= 0.3 is 0 Å². The van der Waals surface area contributed by atoms with Crippen LogP contribution in [0.5, 0.6) is 0 Å². The van der Waals surface area contributed by atoms with Crippen molar-refractivity contribution in [2.24, 2.45) is 11.7 Å². The van der Waals surface area contributed by atoms with E-state index in [2.05, 4.69) is 34.3 Å². The van der Waals surface area contributed by atoms with Crippen LogP contribution in [0.25, 0.3) is 0 Å². The van der Waals surface area contributed by atoms with Crippen LogP contribution >= 0.6 is 11.3 Å². The summed E-state index contributed by atoms with van der Waals surface area (Å²) in [7, 11) is 4.40. The van der Waals surface area contributed by atoms with Gasteiger partial charge in [0, 0.05) is 31.4 Å². The zero-order valence-electron chi connectivity index (χ0n) is 11.4. The maximum Gasteiger partial charge on any atom is 0.0941 e. The predicted octanol–water partition coefficient (Wildman–Crippen LogP) is 1.03. The number of thiazole rings is 1. The fraction of sp³-hybridized carbons (Fsp3) is 0.769. The quantitative estimate of drug-likeness (QED) is 0.837. The van der Waals surface area contributed by atoms with E-state index in [4.69, 9.17) is 5.73 Å². The van der Waals surface area contributed by atoms with E-state index in [1.807, 2.05) is 0 Å². The molecule has 0 bridgehead atoms. The maximum atomic E-state index is 5.54. The molecule has 0 amide bonds. The zero-order chi connectivity index (χ0) is 13.0. The molecule has 2 N–H and O–H groups in total. The van der Waals surface area contributed by atoms with E-state index in [0.29, 0.717) is 6.54 Å². The molecular formula is C13H24N4S. The standard InChI is InChI=1S/C13H24N4S/c1-16-6-4-11(7-16)8-17(2)9-12-10-18-13(15-12)3-5-14/h10-11H,3-9,14H2,1-2H3. The molecule has 5 heteroatoms. The summed E-state index contributed by atoms with van der Waals surface area (Å²) in [4.78, 5) is 9.43. The Kier molecular flexibility index (Phi) is 5.12. The van der Waals surface area contributed by atoms with Crippen molar-refractivity contribution in [3.63, 3.8) is 0 Å². The third-order valence-electron chi connectivity index (χ3n) is 3.45. The Morgan fingerprint density at radius 1 is 1.61 bits per heavy atom. The summed E-state index contributed by atoms with van der Waals surface area (Å²) in [6, 6.07) is 0. The van der Waals surface area contributed by atoms with Crippen LogP contribution in [0.3, 0.4) is 0 Å². The van der Waals surface area contributed by atoms with E-state index < -0.39 is 0 Å². The first-order chi connectivity index (χ1) is 8.67. The molecule has 1 fully saturated rings. The third-order valence-corrected chi connectivity index (χ3v) is 4.41. The first-order valence-electron chi connectivity index (χ1n) is 6.68. The minimum absolute atomic E-state index is 0.692. The molecule has 1 aliphatic heterocycles. The van der Waals surface area contributed by atoms with Crippen molar-refractivity contribution >= 4 is 11.3 Å². The molecule has 2 rings (SSSR count). The Bertz CT molecular complexity index is 366. The van der Waals surface area contributed by atoms with Gasteiger partial charge < -0.3 is 15.5 Å². The lowest BCUT2D eigenvalue weighted by Gasteiger charge is -2.19. The molecule has 1 aromatic rings. The van der Waals surface area contributed by atoms with E-state index in [0.717, 1.165) is 18.9 Å². The van der Waals surface area contributed by atoms with Gasteiger partial charge in [0.1, 0.15) is 0 Å². The van der Waals surface area contributed by atoms with E-state index in [-0.39, 0.29) is 0 Å². The predicted molar refractivity (Wildman–Crippen MR) is 76.8 cm³/mol. The summed E-state index contributed by atoms with van der Waals surface area (Å²) in [6.07, 6.45) is 2.23. The Balaban J connectivity index is 1.77. The highest BCUT2D eigenvalue weighted by molar-refractivity contribution is 7.09. The third kappa shape index (κ3) is 4.02. The smallest absolute Gasteiger partial charge is 0.0941 e. The average molecular weight is 268 g/mol. The lowest BCUT2D eigenvalue weighted by atomic mass is 10.1. The summed E-state index contributed by atoms with van der Waals surface area (Å²) in [5.74, 6) is 0.821. The Labute approximate surface area is 114 Å². The molecule has 0 spiro atoms. The highest BCUT2D eigenvalue weighted by Crippen LogP contribution is 2.17. The van der Waals surface area contributed by atoms with Crippen LogP contribution in [0.15, 0.2) is 5.38 Å². The van der Waals surface area contributed by atoms with Crippen molar-refractivity contribution in [1.82, 2.24) is 14.8 Å². The average Bonchev–Trinajstić information content (AvgIpc) is 2.89. The van der Waals surface area contributed by atoms with Gasteiger partial charge in [0.15, 0.2) is 0 Å². The highest BCUT2D eigenvalue weighted by Gasteiger charge is 2.20. The van der Waals surface area contributed by atoms with Crippen LogP contribution < -0.4 is 5.73 Å². The summed E-state index contributed by atoms with van der Waals surface area (Å²) in [6.45, 7) is 5.31. The van der Waals surface area contributed by atoms with Crippen LogP contribution in [0.4, 0.5) is 0 Å². The van der Waals surface area contributed by atoms with Crippen molar-refractivity contribution in [3.05, 3.63) is 16.1 Å². The van der Waals surface area contributed by atoms with Crippen molar-refractivity contribution < 1.29 is 0 Å². The lowest BCUT2D eigenvalue weighted by molar-refractivity contribution is 0.265. The minimum Gasteiger partial charge on any atom is -0.330 e. The molecule has 0 radical (unpaired) electrons. The molecule has 4 nitrogen and oxygen atoms in total. The summed E-state index contributed by atoms with van der Waals surface area (Å²) < 4.78 is 0. The van der Waals surface area contributed by atoms with Gasteiger partial charge in [-0.25, -0.2) is 4.98 Å². The largest absolute Gasteiger partial charge is 0.330 e. The van der Waals surface area contributed by atoms with Gasteiger partial charge in [-0.2, -0.15) is 0 Å². The van der Waals surface area contributed by atoms with E-state index in [9.17, 15) is 0 Å². The highest BCUT2D eigenvalue weighted by atomic mass is 32.1. The van der Waals surface area contributed by atoms with E-state index >= 15 is 0 Å². The number of nitrogens with two attached hydrogens (primary N) is 1. The molecule has 1 aliphatic rings. The van der Waals surface area contributed by atoms with Gasteiger partial charge in [-0.3, -0.25) is 0 Å². The Hall–Kier alpha value is -0.490. The Morgan fingerprint density at radius 3 is 3.11 bits per heavy atom. The van der Waals surface area contributed by atoms with Crippen LogP contribution in [0.1, 0.15) is 17.1 Å². The molecule has 1 aromatic heterocycles. The molecule has 0 aliphatic carbocycles. The number of aromatic nitrogens is 1. The van der Waals surface area contributed by atoms with Crippen molar-refractivity contribution in [1.29, 1.82) is 0 Å². The summed E-state index contributed by atoms with van der Waals surface area (Å²) in [5.41, 5.74) is 6.74. The molecule has 1 unspecified atom stereocenters. The van der Waals surface area contributed by atoms with E-state index in [1.54, 1.807) is 11.3 Å². The van der Waals surface area contributed by atoms with Crippen molar-refractivity contribution in [2.45, 2.75) is 19.4 Å². The van der Waals surface area contributed by atoms with Crippen molar-refractivity contribution in [2.75, 3.05) is 40.3 Å². The van der Waals surface area contributed by atoms with Crippen LogP contribution in [-0.2, 0) is 13.0 Å². The molecule has 102 valence electrons. The molecule has 1 atom stereocenters. The van der Waals surface area contributed by atoms with Crippen molar-refractivity contribution in [3.8, 4) is 0 Å². The number of hydrogen-bond donors (Lipinski definition) is 1. The fourth-order valence-corrected chi connectivity index (χ4v) is 3.42. The van der Waals surface area contributed by atoms with Gasteiger partial charge in [-0.05, 0) is 39.5 Å².